The molecule has 0 saturated carbocycles. The Hall–Kier alpha value is -2.26. The first-order valence-corrected chi connectivity index (χ1v) is 11.5. The molecule has 0 spiro atoms. The Balaban J connectivity index is 1.60. The third kappa shape index (κ3) is 3.56. The summed E-state index contributed by atoms with van der Waals surface area (Å²) >= 11 is 0. The number of hydrogen-bond acceptors (Lipinski definition) is 5. The second-order valence-corrected chi connectivity index (χ2v) is 9.52. The molecule has 4 rings (SSSR count). The first-order chi connectivity index (χ1) is 13.3. The van der Waals surface area contributed by atoms with Crippen molar-refractivity contribution in [1.29, 1.82) is 0 Å². The van der Waals surface area contributed by atoms with E-state index in [9.17, 15) is 8.42 Å². The number of sulfonamides is 1. The van der Waals surface area contributed by atoms with Gasteiger partial charge in [0.25, 0.3) is 0 Å². The highest BCUT2D eigenvalue weighted by molar-refractivity contribution is 7.88. The van der Waals surface area contributed by atoms with Crippen LogP contribution in [0.15, 0.2) is 24.7 Å². The molecule has 3 aromatic rings. The highest BCUT2D eigenvalue weighted by Crippen LogP contribution is 2.26. The van der Waals surface area contributed by atoms with Crippen molar-refractivity contribution >= 4 is 15.7 Å². The Bertz CT molecular complexity index is 1100. The summed E-state index contributed by atoms with van der Waals surface area (Å²) in [6, 6.07) is 2.05. The zero-order chi connectivity index (χ0) is 19.9. The van der Waals surface area contributed by atoms with E-state index in [1.54, 1.807) is 16.7 Å². The molecule has 1 unspecified atom stereocenters. The van der Waals surface area contributed by atoms with E-state index in [1.165, 1.54) is 6.26 Å². The van der Waals surface area contributed by atoms with Gasteiger partial charge in [-0.05, 0) is 39.2 Å². The SMILES string of the molecule is Cc1cc(C)n2ncc(-c3nccn3CCC3CCCCN3S(C)(=O)=O)c2n1. The highest BCUT2D eigenvalue weighted by atomic mass is 32.2. The molecule has 1 aliphatic rings. The zero-order valence-electron chi connectivity index (χ0n) is 16.5. The molecule has 0 aromatic carbocycles. The van der Waals surface area contributed by atoms with Crippen LogP contribution >= 0.6 is 0 Å². The van der Waals surface area contributed by atoms with Crippen LogP contribution in [0.4, 0.5) is 0 Å². The maximum Gasteiger partial charge on any atom is 0.211 e. The molecule has 1 aliphatic heterocycles. The first kappa shape index (κ1) is 19.1. The molecule has 150 valence electrons. The van der Waals surface area contributed by atoms with Crippen molar-refractivity contribution in [1.82, 2.24) is 28.5 Å². The fourth-order valence-electron chi connectivity index (χ4n) is 4.15. The van der Waals surface area contributed by atoms with Gasteiger partial charge >= 0.3 is 0 Å². The van der Waals surface area contributed by atoms with Crippen LogP contribution < -0.4 is 0 Å². The fourth-order valence-corrected chi connectivity index (χ4v) is 5.36. The molecule has 1 fully saturated rings. The second-order valence-electron chi connectivity index (χ2n) is 7.59. The number of fused-ring (bicyclic) bond motifs is 1. The number of aromatic nitrogens is 5. The fraction of sp³-hybridized carbons (Fsp3) is 0.526. The van der Waals surface area contributed by atoms with Gasteiger partial charge in [-0.25, -0.2) is 22.9 Å². The average Bonchev–Trinajstić information content (AvgIpc) is 3.25. The lowest BCUT2D eigenvalue weighted by atomic mass is 10.0. The van der Waals surface area contributed by atoms with Gasteiger partial charge in [0.05, 0.1) is 18.0 Å². The van der Waals surface area contributed by atoms with Crippen molar-refractivity contribution in [2.75, 3.05) is 12.8 Å². The van der Waals surface area contributed by atoms with Crippen LogP contribution in [-0.2, 0) is 16.6 Å². The van der Waals surface area contributed by atoms with Crippen molar-refractivity contribution in [2.24, 2.45) is 0 Å². The van der Waals surface area contributed by atoms with E-state index < -0.39 is 10.0 Å². The monoisotopic (exact) mass is 402 g/mol. The molecule has 0 aliphatic carbocycles. The van der Waals surface area contributed by atoms with E-state index in [-0.39, 0.29) is 6.04 Å². The third-order valence-corrected chi connectivity index (χ3v) is 6.77. The van der Waals surface area contributed by atoms with Gasteiger partial charge in [0, 0.05) is 42.9 Å². The van der Waals surface area contributed by atoms with E-state index in [2.05, 4.69) is 19.6 Å². The summed E-state index contributed by atoms with van der Waals surface area (Å²) in [4.78, 5) is 9.18. The van der Waals surface area contributed by atoms with E-state index >= 15 is 0 Å². The largest absolute Gasteiger partial charge is 0.331 e. The molecule has 0 bridgehead atoms. The lowest BCUT2D eigenvalue weighted by molar-refractivity contribution is 0.235. The quantitative estimate of drug-likeness (QED) is 0.654. The number of aryl methyl sites for hydroxylation is 3. The maximum atomic E-state index is 12.1. The van der Waals surface area contributed by atoms with Crippen LogP contribution in [0.25, 0.3) is 17.0 Å². The summed E-state index contributed by atoms with van der Waals surface area (Å²) in [6.45, 7) is 5.30. The molecule has 3 aromatic heterocycles. The summed E-state index contributed by atoms with van der Waals surface area (Å²) in [5, 5.41) is 4.46. The first-order valence-electron chi connectivity index (χ1n) is 9.65. The number of nitrogens with zero attached hydrogens (tertiary/aromatic N) is 6. The van der Waals surface area contributed by atoms with Crippen LogP contribution in [-0.4, -0.2) is 55.7 Å². The topological polar surface area (TPSA) is 85.4 Å². The van der Waals surface area contributed by atoms with Crippen molar-refractivity contribution in [3.05, 3.63) is 36.0 Å². The summed E-state index contributed by atoms with van der Waals surface area (Å²) in [7, 11) is -3.17. The van der Waals surface area contributed by atoms with Gasteiger partial charge < -0.3 is 4.57 Å². The Morgan fingerprint density at radius 1 is 1.25 bits per heavy atom. The molecule has 0 amide bonds. The molecule has 0 radical (unpaired) electrons. The van der Waals surface area contributed by atoms with Crippen molar-refractivity contribution in [3.63, 3.8) is 0 Å². The molecule has 9 heteroatoms. The second kappa shape index (κ2) is 7.29. The lowest BCUT2D eigenvalue weighted by Crippen LogP contribution is -2.43. The Morgan fingerprint density at radius 3 is 2.86 bits per heavy atom. The minimum absolute atomic E-state index is 0.0468. The summed E-state index contributed by atoms with van der Waals surface area (Å²) in [6.07, 6.45) is 10.5. The molecule has 8 nitrogen and oxygen atoms in total. The molecule has 1 saturated heterocycles. The number of imidazole rings is 1. The molecular formula is C19H26N6O2S. The number of rotatable bonds is 5. The van der Waals surface area contributed by atoms with E-state index in [1.807, 2.05) is 30.6 Å². The standard InChI is InChI=1S/C19H26N6O2S/c1-14-12-15(2)25-19(22-14)17(13-21-25)18-20-8-11-23(18)10-7-16-6-4-5-9-24(16)28(3,26)27/h8,11-13,16H,4-7,9-10H2,1-3H3. The molecule has 4 heterocycles. The minimum atomic E-state index is -3.17. The van der Waals surface area contributed by atoms with Crippen LogP contribution in [0.3, 0.4) is 0 Å². The van der Waals surface area contributed by atoms with Crippen molar-refractivity contribution < 1.29 is 8.42 Å². The van der Waals surface area contributed by atoms with E-state index in [0.29, 0.717) is 13.1 Å². The lowest BCUT2D eigenvalue weighted by Gasteiger charge is -2.33. The van der Waals surface area contributed by atoms with E-state index in [4.69, 9.17) is 0 Å². The van der Waals surface area contributed by atoms with Crippen LogP contribution in [0, 0.1) is 13.8 Å². The van der Waals surface area contributed by atoms with Crippen LogP contribution in [0.1, 0.15) is 37.1 Å². The van der Waals surface area contributed by atoms with Crippen LogP contribution in [0.2, 0.25) is 0 Å². The van der Waals surface area contributed by atoms with Crippen molar-refractivity contribution in [2.45, 2.75) is 52.1 Å². The molecule has 0 N–H and O–H groups in total. The van der Waals surface area contributed by atoms with Gasteiger partial charge in [-0.1, -0.05) is 6.42 Å². The summed E-state index contributed by atoms with van der Waals surface area (Å²) < 4.78 is 29.8. The predicted octanol–water partition coefficient (Wildman–Crippen LogP) is 2.41. The van der Waals surface area contributed by atoms with Gasteiger partial charge in [-0.15, -0.1) is 0 Å². The van der Waals surface area contributed by atoms with E-state index in [0.717, 1.165) is 54.1 Å². The Kier molecular flexibility index (Phi) is 4.96. The molecule has 28 heavy (non-hydrogen) atoms. The highest BCUT2D eigenvalue weighted by Gasteiger charge is 2.29. The minimum Gasteiger partial charge on any atom is -0.331 e. The van der Waals surface area contributed by atoms with Gasteiger partial charge in [0.2, 0.25) is 10.0 Å². The third-order valence-electron chi connectivity index (χ3n) is 5.44. The average molecular weight is 403 g/mol. The van der Waals surface area contributed by atoms with Crippen molar-refractivity contribution in [3.8, 4) is 11.4 Å². The van der Waals surface area contributed by atoms with Gasteiger partial charge in [0.15, 0.2) is 5.65 Å². The maximum absolute atomic E-state index is 12.1. The number of hydrogen-bond donors (Lipinski definition) is 0. The Morgan fingerprint density at radius 2 is 2.07 bits per heavy atom. The van der Waals surface area contributed by atoms with Crippen LogP contribution in [0.5, 0.6) is 0 Å². The van der Waals surface area contributed by atoms with Gasteiger partial charge in [0.1, 0.15) is 5.82 Å². The van der Waals surface area contributed by atoms with Gasteiger partial charge in [-0.2, -0.15) is 9.40 Å². The number of piperidine rings is 1. The summed E-state index contributed by atoms with van der Waals surface area (Å²) in [5.41, 5.74) is 3.65. The molecule has 1 atom stereocenters. The summed E-state index contributed by atoms with van der Waals surface area (Å²) in [5.74, 6) is 0.814. The zero-order valence-corrected chi connectivity index (χ0v) is 17.4. The predicted molar refractivity (Wildman–Crippen MR) is 107 cm³/mol. The normalized spacial score (nSPS) is 18.8. The Labute approximate surface area is 165 Å². The smallest absolute Gasteiger partial charge is 0.211 e. The molecular weight excluding hydrogens is 376 g/mol. The van der Waals surface area contributed by atoms with Gasteiger partial charge in [-0.3, -0.25) is 0 Å².